The van der Waals surface area contributed by atoms with E-state index in [0.29, 0.717) is 45.2 Å². The van der Waals surface area contributed by atoms with Crippen LogP contribution in [-0.2, 0) is 9.53 Å². The zero-order chi connectivity index (χ0) is 20.3. The first-order chi connectivity index (χ1) is 13.5. The average molecular weight is 383 g/mol. The number of benzene rings is 2. The average Bonchev–Trinajstić information content (AvgIpc) is 3.01. The van der Waals surface area contributed by atoms with Gasteiger partial charge in [-0.1, -0.05) is 0 Å². The number of carbonyl (C=O) groups is 2. The quantitative estimate of drug-likeness (QED) is 0.608. The maximum Gasteiger partial charge on any atom is 0.338 e. The first-order valence-electron chi connectivity index (χ1n) is 8.67. The van der Waals surface area contributed by atoms with Crippen LogP contribution >= 0.6 is 0 Å². The predicted octanol–water partition coefficient (Wildman–Crippen LogP) is 3.38. The van der Waals surface area contributed by atoms with Crippen molar-refractivity contribution in [2.75, 3.05) is 33.3 Å². The Hall–Kier alpha value is -3.48. The molecule has 0 aliphatic carbocycles. The normalized spacial score (nSPS) is 13.7. The molecule has 0 aromatic heterocycles. The van der Waals surface area contributed by atoms with Crippen molar-refractivity contribution < 1.29 is 28.5 Å². The number of fused-ring (bicyclic) bond motifs is 1. The minimum absolute atomic E-state index is 0.259. The van der Waals surface area contributed by atoms with E-state index in [4.69, 9.17) is 18.9 Å². The lowest BCUT2D eigenvalue weighted by molar-refractivity contribution is -0.110. The highest BCUT2D eigenvalue weighted by atomic mass is 16.5. The molecule has 0 radical (unpaired) electrons. The van der Waals surface area contributed by atoms with Gasteiger partial charge in [-0.15, -0.1) is 0 Å². The standard InChI is InChI=1S/C21H21NO6/c1-5-28-21(24)13-6-7-16-14(11-13)15(20(23)22-16)8-12-9-17(25-2)19(27-4)18(10-12)26-3/h6-11H,5H2,1-4H3,(H,22,23)/b15-8-. The number of carbonyl (C=O) groups excluding carboxylic acids is 2. The van der Waals surface area contributed by atoms with E-state index in [1.165, 1.54) is 21.3 Å². The van der Waals surface area contributed by atoms with Crippen LogP contribution in [0, 0.1) is 0 Å². The van der Waals surface area contributed by atoms with Gasteiger partial charge in [0.2, 0.25) is 5.75 Å². The van der Waals surface area contributed by atoms with E-state index >= 15 is 0 Å². The summed E-state index contributed by atoms with van der Waals surface area (Å²) < 4.78 is 21.1. The lowest BCUT2D eigenvalue weighted by Crippen LogP contribution is -2.04. The summed E-state index contributed by atoms with van der Waals surface area (Å²) in [6.07, 6.45) is 1.71. The molecule has 1 aliphatic heterocycles. The van der Waals surface area contributed by atoms with Crippen LogP contribution in [0.25, 0.3) is 11.6 Å². The van der Waals surface area contributed by atoms with Gasteiger partial charge in [0.1, 0.15) is 0 Å². The van der Waals surface area contributed by atoms with Gasteiger partial charge < -0.3 is 24.3 Å². The Kier molecular flexibility index (Phi) is 5.54. The Balaban J connectivity index is 2.08. The van der Waals surface area contributed by atoms with Crippen molar-refractivity contribution in [3.63, 3.8) is 0 Å². The summed E-state index contributed by atoms with van der Waals surface area (Å²) in [6, 6.07) is 8.45. The third-order valence-electron chi connectivity index (χ3n) is 4.31. The van der Waals surface area contributed by atoms with Crippen LogP contribution in [0.2, 0.25) is 0 Å². The zero-order valence-electron chi connectivity index (χ0n) is 16.1. The second-order valence-corrected chi connectivity index (χ2v) is 5.95. The van der Waals surface area contributed by atoms with Crippen LogP contribution in [-0.4, -0.2) is 39.8 Å². The van der Waals surface area contributed by atoms with E-state index in [2.05, 4.69) is 5.32 Å². The summed E-state index contributed by atoms with van der Waals surface area (Å²) >= 11 is 0. The number of methoxy groups -OCH3 is 3. The smallest absolute Gasteiger partial charge is 0.338 e. The highest BCUT2D eigenvalue weighted by Gasteiger charge is 2.26. The third-order valence-corrected chi connectivity index (χ3v) is 4.31. The molecule has 1 aliphatic rings. The predicted molar refractivity (Wildman–Crippen MR) is 105 cm³/mol. The number of nitrogens with one attached hydrogen (secondary N) is 1. The Labute approximate surface area is 162 Å². The molecule has 1 N–H and O–H groups in total. The molecule has 0 spiro atoms. The largest absolute Gasteiger partial charge is 0.493 e. The molecule has 0 saturated carbocycles. The fourth-order valence-corrected chi connectivity index (χ4v) is 3.02. The Morgan fingerprint density at radius 3 is 2.29 bits per heavy atom. The number of esters is 1. The van der Waals surface area contributed by atoms with Crippen molar-refractivity contribution >= 4 is 29.2 Å². The topological polar surface area (TPSA) is 83.1 Å². The molecular weight excluding hydrogens is 362 g/mol. The van der Waals surface area contributed by atoms with Crippen molar-refractivity contribution in [1.82, 2.24) is 0 Å². The second-order valence-electron chi connectivity index (χ2n) is 5.95. The van der Waals surface area contributed by atoms with Gasteiger partial charge in [0.05, 0.1) is 33.5 Å². The van der Waals surface area contributed by atoms with Crippen LogP contribution in [0.5, 0.6) is 17.2 Å². The van der Waals surface area contributed by atoms with E-state index < -0.39 is 5.97 Å². The highest BCUT2D eigenvalue weighted by molar-refractivity contribution is 6.35. The van der Waals surface area contributed by atoms with Gasteiger partial charge in [-0.25, -0.2) is 4.79 Å². The number of rotatable bonds is 6. The molecule has 2 aromatic carbocycles. The number of hydrogen-bond donors (Lipinski definition) is 1. The molecule has 7 heteroatoms. The van der Waals surface area contributed by atoms with Crippen molar-refractivity contribution in [3.05, 3.63) is 47.0 Å². The molecule has 1 amide bonds. The van der Waals surface area contributed by atoms with Crippen LogP contribution in [0.3, 0.4) is 0 Å². The number of hydrogen-bond acceptors (Lipinski definition) is 6. The van der Waals surface area contributed by atoms with E-state index in [0.717, 1.165) is 0 Å². The molecule has 0 saturated heterocycles. The maximum absolute atomic E-state index is 12.5. The molecule has 0 bridgehead atoms. The highest BCUT2D eigenvalue weighted by Crippen LogP contribution is 2.40. The van der Waals surface area contributed by atoms with Crippen molar-refractivity contribution in [1.29, 1.82) is 0 Å². The minimum Gasteiger partial charge on any atom is -0.493 e. The zero-order valence-corrected chi connectivity index (χ0v) is 16.1. The third kappa shape index (κ3) is 3.51. The monoisotopic (exact) mass is 383 g/mol. The van der Waals surface area contributed by atoms with Crippen LogP contribution in [0.1, 0.15) is 28.4 Å². The van der Waals surface area contributed by atoms with Gasteiger partial charge in [0, 0.05) is 16.8 Å². The molecular formula is C21H21NO6. The number of ether oxygens (including phenoxy) is 4. The van der Waals surface area contributed by atoms with Gasteiger partial charge in [-0.2, -0.15) is 0 Å². The molecule has 0 unspecified atom stereocenters. The minimum atomic E-state index is -0.434. The van der Waals surface area contributed by atoms with Crippen LogP contribution < -0.4 is 19.5 Å². The second kappa shape index (κ2) is 8.04. The van der Waals surface area contributed by atoms with Gasteiger partial charge in [-0.3, -0.25) is 4.79 Å². The van der Waals surface area contributed by atoms with Gasteiger partial charge >= 0.3 is 5.97 Å². The van der Waals surface area contributed by atoms with Gasteiger partial charge in [0.25, 0.3) is 5.91 Å². The molecule has 28 heavy (non-hydrogen) atoms. The first kappa shape index (κ1) is 19.3. The molecule has 1 heterocycles. The Bertz CT molecular complexity index is 938. The molecule has 0 atom stereocenters. The SMILES string of the molecule is CCOC(=O)c1ccc2c(c1)/C(=C/c1cc(OC)c(OC)c(OC)c1)C(=O)N2. The van der Waals surface area contributed by atoms with Crippen molar-refractivity contribution in [2.24, 2.45) is 0 Å². The first-order valence-corrected chi connectivity index (χ1v) is 8.67. The van der Waals surface area contributed by atoms with Gasteiger partial charge in [-0.05, 0) is 48.9 Å². The summed E-state index contributed by atoms with van der Waals surface area (Å²) in [4.78, 5) is 24.5. The number of anilines is 1. The summed E-state index contributed by atoms with van der Waals surface area (Å²) in [5.74, 6) is 0.731. The Morgan fingerprint density at radius 2 is 1.71 bits per heavy atom. The fourth-order valence-electron chi connectivity index (χ4n) is 3.02. The molecule has 2 aromatic rings. The van der Waals surface area contributed by atoms with Crippen LogP contribution in [0.4, 0.5) is 5.69 Å². The summed E-state index contributed by atoms with van der Waals surface area (Å²) in [5, 5.41) is 2.80. The molecule has 146 valence electrons. The molecule has 3 rings (SSSR count). The lowest BCUT2D eigenvalue weighted by atomic mass is 10.0. The van der Waals surface area contributed by atoms with Gasteiger partial charge in [0.15, 0.2) is 11.5 Å². The van der Waals surface area contributed by atoms with E-state index in [1.807, 2.05) is 0 Å². The summed E-state index contributed by atoms with van der Waals surface area (Å²) in [5.41, 5.74) is 2.76. The van der Waals surface area contributed by atoms with E-state index in [9.17, 15) is 9.59 Å². The van der Waals surface area contributed by atoms with Crippen LogP contribution in [0.15, 0.2) is 30.3 Å². The summed E-state index contributed by atoms with van der Waals surface area (Å²) in [6.45, 7) is 2.02. The van der Waals surface area contributed by atoms with Crippen molar-refractivity contribution in [2.45, 2.75) is 6.92 Å². The van der Waals surface area contributed by atoms with E-state index in [1.54, 1.807) is 43.3 Å². The Morgan fingerprint density at radius 1 is 1.04 bits per heavy atom. The molecule has 0 fully saturated rings. The molecule has 7 nitrogen and oxygen atoms in total. The lowest BCUT2D eigenvalue weighted by Gasteiger charge is -2.13. The van der Waals surface area contributed by atoms with E-state index in [-0.39, 0.29) is 12.5 Å². The van der Waals surface area contributed by atoms with Crippen molar-refractivity contribution in [3.8, 4) is 17.2 Å². The number of amides is 1. The fraction of sp³-hybridized carbons (Fsp3) is 0.238. The summed E-state index contributed by atoms with van der Waals surface area (Å²) in [7, 11) is 4.57. The maximum atomic E-state index is 12.5.